The Hall–Kier alpha value is -14.2. The zero-order chi connectivity index (χ0) is 98.2. The number of aryl methyl sites for hydroxylation is 8. The molecule has 0 saturated carbocycles. The Morgan fingerprint density at radius 3 is 0.696 bits per heavy atom. The molecule has 0 aliphatic heterocycles. The molecule has 6 aromatic heterocycles. The summed E-state index contributed by atoms with van der Waals surface area (Å²) in [4.78, 5) is 9.92. The van der Waals surface area contributed by atoms with Gasteiger partial charge in [-0.05, 0) is 292 Å². The van der Waals surface area contributed by atoms with Crippen molar-refractivity contribution in [3.8, 4) is 68.6 Å². The second-order valence-electron chi connectivity index (χ2n) is 41.3. The largest absolute Gasteiger partial charge is 0.508 e. The van der Waals surface area contributed by atoms with Crippen molar-refractivity contribution in [1.29, 1.82) is 0 Å². The molecule has 0 unspecified atom stereocenters. The highest BCUT2D eigenvalue weighted by atomic mass is 16.5. The molecule has 0 aliphatic rings. The molecule has 24 heteroatoms. The summed E-state index contributed by atoms with van der Waals surface area (Å²) in [5.41, 5.74) is 32.8. The third-order valence-electron chi connectivity index (χ3n) is 24.6. The number of methoxy groups -OCH3 is 3. The van der Waals surface area contributed by atoms with Crippen LogP contribution in [0.4, 0.5) is 0 Å². The molecular formula is C111H132N18O6. The second-order valence-corrected chi connectivity index (χ2v) is 41.3. The van der Waals surface area contributed by atoms with Gasteiger partial charge in [0, 0.05) is 22.3 Å². The molecular weight excluding hydrogens is 1680 g/mol. The lowest BCUT2D eigenvalue weighted by molar-refractivity contribution is 0.276. The first-order valence-corrected chi connectivity index (χ1v) is 45.9. The quantitative estimate of drug-likeness (QED) is 0.0967. The number of hydrogen-bond acceptors (Lipinski definition) is 18. The van der Waals surface area contributed by atoms with Gasteiger partial charge in [-0.1, -0.05) is 208 Å². The molecule has 6 heterocycles. The van der Waals surface area contributed by atoms with Crippen molar-refractivity contribution in [2.45, 2.75) is 228 Å². The van der Waals surface area contributed by atoms with Crippen LogP contribution in [0.3, 0.4) is 0 Å². The van der Waals surface area contributed by atoms with Gasteiger partial charge in [-0.25, -0.2) is 0 Å². The molecule has 0 saturated heterocycles. The molecule has 0 radical (unpaired) electrons. The van der Waals surface area contributed by atoms with E-state index in [9.17, 15) is 15.3 Å². The second kappa shape index (κ2) is 38.8. The Labute approximate surface area is 793 Å². The van der Waals surface area contributed by atoms with Gasteiger partial charge in [0.25, 0.3) is 0 Å². The average Bonchev–Trinajstić information content (AvgIpc) is 1.76. The first-order chi connectivity index (χ1) is 63.5. The minimum atomic E-state index is -0.165. The van der Waals surface area contributed by atoms with Gasteiger partial charge in [-0.2, -0.15) is 0 Å². The summed E-state index contributed by atoms with van der Waals surface area (Å²) in [7, 11) is 5.13. The number of fused-ring (bicyclic) bond motifs is 6. The molecule has 702 valence electrons. The van der Waals surface area contributed by atoms with Crippen LogP contribution in [0.5, 0.6) is 34.5 Å². The van der Waals surface area contributed by atoms with Crippen molar-refractivity contribution >= 4 is 66.2 Å². The van der Waals surface area contributed by atoms with Crippen molar-refractivity contribution < 1.29 is 29.5 Å². The Morgan fingerprint density at radius 2 is 0.444 bits per heavy atom. The van der Waals surface area contributed by atoms with Crippen molar-refractivity contribution in [1.82, 2.24) is 90.0 Å². The summed E-state index contributed by atoms with van der Waals surface area (Å²) in [5, 5.41) is 86.5. The van der Waals surface area contributed by atoms with E-state index in [1.807, 2.05) is 199 Å². The maximum atomic E-state index is 11.2. The number of nitrogens with zero attached hydrogens (tertiary/aromatic N) is 18. The summed E-state index contributed by atoms with van der Waals surface area (Å²) in [5.74, 6) is 3.38. The fourth-order valence-electron chi connectivity index (χ4n) is 18.3. The third kappa shape index (κ3) is 21.6. The molecule has 0 spiro atoms. The maximum absolute atomic E-state index is 11.2. The van der Waals surface area contributed by atoms with Gasteiger partial charge in [0.15, 0.2) is 0 Å². The first kappa shape index (κ1) is 98.3. The van der Waals surface area contributed by atoms with E-state index in [0.717, 1.165) is 186 Å². The molecule has 18 aromatic rings. The molecule has 3 N–H and O–H groups in total. The van der Waals surface area contributed by atoms with Crippen LogP contribution in [-0.2, 0) is 21.7 Å². The topological polar surface area (TPSA) is 273 Å². The average molecular weight is 1810 g/mol. The van der Waals surface area contributed by atoms with Crippen LogP contribution in [0, 0.1) is 93.9 Å². The lowest BCUT2D eigenvalue weighted by Crippen LogP contribution is -2.26. The van der Waals surface area contributed by atoms with Crippen LogP contribution in [0.2, 0.25) is 0 Å². The van der Waals surface area contributed by atoms with E-state index in [2.05, 4.69) is 228 Å². The predicted octanol–water partition coefficient (Wildman–Crippen LogP) is 25.4. The smallest absolute Gasteiger partial charge is 0.150 e. The molecule has 18 rings (SSSR count). The third-order valence-corrected chi connectivity index (χ3v) is 24.6. The van der Waals surface area contributed by atoms with Gasteiger partial charge in [-0.3, -0.25) is 0 Å². The highest BCUT2D eigenvalue weighted by molar-refractivity contribution is 5.79. The number of phenolic OH excluding ortho intramolecular Hbond substituents is 3. The molecule has 0 bridgehead atoms. The van der Waals surface area contributed by atoms with Gasteiger partial charge >= 0.3 is 0 Å². The number of hydrogen-bond donors (Lipinski definition) is 3. The SMILES string of the molecule is COc1c(C(C)(C)C)cc(C)c(C)c1-n1nc2ccccc2n1.COc1c(C(C)(C)CC(C)(C)C)cc(C)c(C)c1-n1nc2ccccc2n1.COc1cc(C)c(-n2nc3ccccc3n2)c(C)c1.Cc1cc(C(C)(C)C)c(O)c(-n2nc3ccccc3n2)c1C.Cc1cc(C(C)(C)CC(C)(C)C)c(O)c(-n2nc3ccccc3n2)c1C.Cc1cc(O)cc(C)c1-n1nc2ccccc2n1. The van der Waals surface area contributed by atoms with Crippen LogP contribution in [0.25, 0.3) is 100 Å². The minimum absolute atomic E-state index is 0.0227. The highest BCUT2D eigenvalue weighted by Crippen LogP contribution is 2.48. The number of aromatic nitrogens is 18. The van der Waals surface area contributed by atoms with E-state index in [0.29, 0.717) is 11.4 Å². The van der Waals surface area contributed by atoms with Crippen molar-refractivity contribution in [2.75, 3.05) is 21.3 Å². The Morgan fingerprint density at radius 1 is 0.237 bits per heavy atom. The standard InChI is InChI=1S/C23H31N3O.C22H29N3O.C19H23N3O.C18H21N3O.C15H15N3O.C14H13N3O/c1-15-13-17(23(6,7)14-22(3,4)5)21(27-8)20(16(15)2)26-24-18-11-9-10-12-19(18)25-26;1-14-12-16(22(6,7)13-21(3,4)5)20(26)19(15(14)2)25-23-17-10-8-9-11-18(17)24-25;1-12-11-14(19(3,4)5)18(23-6)17(13(12)2)22-20-15-9-7-8-10-16(15)21-22;1-11-10-13(18(3,4)5)17(22)16(12(11)2)21-19-14-8-6-7-9-15(14)20-21;1-10-8-12(19-3)9-11(2)15(10)18-16-13-6-4-5-7-14(13)17-18;1-9-7-11(18)8-10(2)14(9)17-15-12-5-3-4-6-13(12)16-17/h9-13H,14H2,1-8H3;8-12,26H,13H2,1-7H3;7-11H,1-6H3;6-10,22H,1-5H3;4-9H,1-3H3;3-8,18H,1-2H3. The lowest BCUT2D eigenvalue weighted by Gasteiger charge is -2.35. The van der Waals surface area contributed by atoms with E-state index in [1.165, 1.54) is 22.3 Å². The first-order valence-electron chi connectivity index (χ1n) is 45.9. The number of ether oxygens (including phenoxy) is 3. The summed E-state index contributed by atoms with van der Waals surface area (Å²) < 4.78 is 17.0. The van der Waals surface area contributed by atoms with Crippen molar-refractivity contribution in [3.63, 3.8) is 0 Å². The monoisotopic (exact) mass is 1810 g/mol. The molecule has 0 aliphatic carbocycles. The molecule has 12 aromatic carbocycles. The van der Waals surface area contributed by atoms with E-state index >= 15 is 0 Å². The number of benzene rings is 12. The predicted molar refractivity (Wildman–Crippen MR) is 546 cm³/mol. The van der Waals surface area contributed by atoms with Gasteiger partial charge < -0.3 is 29.5 Å². The van der Waals surface area contributed by atoms with E-state index in [4.69, 9.17) is 24.4 Å². The number of rotatable bonds is 13. The van der Waals surface area contributed by atoms with Crippen LogP contribution in [-0.4, -0.2) is 127 Å². The summed E-state index contributed by atoms with van der Waals surface area (Å²) >= 11 is 0. The van der Waals surface area contributed by atoms with Gasteiger partial charge in [-0.15, -0.1) is 90.0 Å². The van der Waals surface area contributed by atoms with Crippen molar-refractivity contribution in [2.24, 2.45) is 10.8 Å². The van der Waals surface area contributed by atoms with Gasteiger partial charge in [0.1, 0.15) is 123 Å². The maximum Gasteiger partial charge on any atom is 0.150 e. The molecule has 135 heavy (non-hydrogen) atoms. The van der Waals surface area contributed by atoms with Crippen molar-refractivity contribution in [3.05, 3.63) is 283 Å². The Balaban J connectivity index is 0.000000138. The molecule has 24 nitrogen and oxygen atoms in total. The van der Waals surface area contributed by atoms with E-state index in [1.54, 1.807) is 62.2 Å². The molecule has 0 amide bonds. The van der Waals surface area contributed by atoms with E-state index in [-0.39, 0.29) is 49.7 Å². The number of phenols is 3. The zero-order valence-corrected chi connectivity index (χ0v) is 84.5. The van der Waals surface area contributed by atoms with Crippen LogP contribution < -0.4 is 14.2 Å². The van der Waals surface area contributed by atoms with Gasteiger partial charge in [0.05, 0.1) is 32.7 Å². The van der Waals surface area contributed by atoms with Crippen LogP contribution in [0.1, 0.15) is 213 Å². The van der Waals surface area contributed by atoms with Crippen LogP contribution in [0.15, 0.2) is 194 Å². The Bertz CT molecular complexity index is 7150. The summed E-state index contributed by atoms with van der Waals surface area (Å²) in [6, 6.07) is 63.0. The lowest BCUT2D eigenvalue weighted by atomic mass is 9.71. The summed E-state index contributed by atoms with van der Waals surface area (Å²) in [6.45, 7) is 59.9. The van der Waals surface area contributed by atoms with Crippen LogP contribution >= 0.6 is 0 Å². The summed E-state index contributed by atoms with van der Waals surface area (Å²) in [6.07, 6.45) is 2.01. The minimum Gasteiger partial charge on any atom is -0.508 e. The fourth-order valence-corrected chi connectivity index (χ4v) is 18.3. The van der Waals surface area contributed by atoms with Gasteiger partial charge in [0.2, 0.25) is 0 Å². The zero-order valence-electron chi connectivity index (χ0n) is 84.5. The highest BCUT2D eigenvalue weighted by Gasteiger charge is 2.36. The van der Waals surface area contributed by atoms with E-state index < -0.39 is 0 Å². The molecule has 0 fully saturated rings. The number of aromatic hydroxyl groups is 3. The molecule has 0 atom stereocenters. The normalized spacial score (nSPS) is 12.0. The fraction of sp³-hybridized carbons (Fsp3) is 0.351. The Kier molecular flexibility index (Phi) is 28.3.